The minimum atomic E-state index is -0.925. The summed E-state index contributed by atoms with van der Waals surface area (Å²) in [4.78, 5) is 10.9. The number of rotatable bonds is 3. The van der Waals surface area contributed by atoms with E-state index >= 15 is 0 Å². The molecule has 4 nitrogen and oxygen atoms in total. The first-order chi connectivity index (χ1) is 7.17. The van der Waals surface area contributed by atoms with Crippen LogP contribution in [0.1, 0.15) is 23.7 Å². The van der Waals surface area contributed by atoms with Crippen LogP contribution in [0.4, 0.5) is 0 Å². The van der Waals surface area contributed by atoms with E-state index in [4.69, 9.17) is 5.26 Å². The summed E-state index contributed by atoms with van der Waals surface area (Å²) in [5, 5.41) is 18.3. The molecule has 0 aliphatic carbocycles. The molecule has 0 aliphatic rings. The fraction of sp³-hybridized carbons (Fsp3) is 0.273. The summed E-state index contributed by atoms with van der Waals surface area (Å²) in [5.74, 6) is -0.482. The molecule has 0 radical (unpaired) electrons. The molecule has 0 saturated carbocycles. The van der Waals surface area contributed by atoms with Crippen LogP contribution in [0.15, 0.2) is 24.3 Å². The Labute approximate surface area is 87.7 Å². The highest BCUT2D eigenvalue weighted by molar-refractivity contribution is 5.70. The molecule has 0 saturated heterocycles. The summed E-state index contributed by atoms with van der Waals surface area (Å²) >= 11 is 0. The van der Waals surface area contributed by atoms with Crippen molar-refractivity contribution in [1.82, 2.24) is 0 Å². The zero-order valence-electron chi connectivity index (χ0n) is 8.30. The van der Waals surface area contributed by atoms with Crippen molar-refractivity contribution in [3.63, 3.8) is 0 Å². The van der Waals surface area contributed by atoms with Crippen LogP contribution in [0.3, 0.4) is 0 Å². The third-order valence-electron chi connectivity index (χ3n) is 1.99. The van der Waals surface area contributed by atoms with Crippen molar-refractivity contribution in [3.8, 4) is 6.07 Å². The second-order valence-corrected chi connectivity index (χ2v) is 3.03. The van der Waals surface area contributed by atoms with E-state index in [1.807, 2.05) is 6.07 Å². The second kappa shape index (κ2) is 5.13. The Hall–Kier alpha value is -1.86. The monoisotopic (exact) mass is 205 g/mol. The first kappa shape index (κ1) is 11.2. The molecule has 1 rings (SSSR count). The number of nitrogens with zero attached hydrogens (tertiary/aromatic N) is 1. The molecule has 15 heavy (non-hydrogen) atoms. The summed E-state index contributed by atoms with van der Waals surface area (Å²) in [6, 6.07) is 8.47. The zero-order chi connectivity index (χ0) is 11.3. The van der Waals surface area contributed by atoms with Gasteiger partial charge in [-0.05, 0) is 17.7 Å². The fourth-order valence-corrected chi connectivity index (χ4v) is 1.17. The normalized spacial score (nSPS) is 11.5. The van der Waals surface area contributed by atoms with Crippen LogP contribution in [0, 0.1) is 11.3 Å². The van der Waals surface area contributed by atoms with E-state index in [-0.39, 0.29) is 6.42 Å². The Balaban J connectivity index is 2.78. The SMILES string of the molecule is COC(=O)C[C@@H](O)c1cccc(C#N)c1. The van der Waals surface area contributed by atoms with Gasteiger partial charge in [0, 0.05) is 0 Å². The lowest BCUT2D eigenvalue weighted by Gasteiger charge is -2.09. The topological polar surface area (TPSA) is 70.3 Å². The molecule has 4 heteroatoms. The lowest BCUT2D eigenvalue weighted by Crippen LogP contribution is -2.08. The van der Waals surface area contributed by atoms with Crippen molar-refractivity contribution in [2.45, 2.75) is 12.5 Å². The largest absolute Gasteiger partial charge is 0.469 e. The first-order valence-electron chi connectivity index (χ1n) is 4.42. The third-order valence-corrected chi connectivity index (χ3v) is 1.99. The lowest BCUT2D eigenvalue weighted by atomic mass is 10.0. The molecule has 0 fully saturated rings. The number of nitriles is 1. The first-order valence-corrected chi connectivity index (χ1v) is 4.42. The van der Waals surface area contributed by atoms with Crippen molar-refractivity contribution in [2.75, 3.05) is 7.11 Å². The van der Waals surface area contributed by atoms with Gasteiger partial charge in [-0.1, -0.05) is 12.1 Å². The van der Waals surface area contributed by atoms with E-state index in [2.05, 4.69) is 4.74 Å². The number of benzene rings is 1. The molecular formula is C11H11NO3. The number of esters is 1. The average molecular weight is 205 g/mol. The highest BCUT2D eigenvalue weighted by Crippen LogP contribution is 2.17. The number of hydrogen-bond acceptors (Lipinski definition) is 4. The predicted octanol–water partition coefficient (Wildman–Crippen LogP) is 1.15. The van der Waals surface area contributed by atoms with E-state index in [0.717, 1.165) is 0 Å². The minimum absolute atomic E-state index is 0.106. The van der Waals surface area contributed by atoms with Gasteiger partial charge in [0.15, 0.2) is 0 Å². The molecule has 1 N–H and O–H groups in total. The van der Waals surface area contributed by atoms with E-state index in [1.165, 1.54) is 7.11 Å². The number of hydrogen-bond donors (Lipinski definition) is 1. The van der Waals surface area contributed by atoms with Crippen LogP contribution < -0.4 is 0 Å². The highest BCUT2D eigenvalue weighted by Gasteiger charge is 2.13. The van der Waals surface area contributed by atoms with E-state index in [1.54, 1.807) is 24.3 Å². The number of carbonyl (C=O) groups excluding carboxylic acids is 1. The molecule has 78 valence electrons. The molecule has 0 spiro atoms. The zero-order valence-corrected chi connectivity index (χ0v) is 8.30. The van der Waals surface area contributed by atoms with Crippen molar-refractivity contribution in [1.29, 1.82) is 5.26 Å². The summed E-state index contributed by atoms with van der Waals surface area (Å²) in [7, 11) is 1.26. The Kier molecular flexibility index (Phi) is 3.83. The molecule has 0 amide bonds. The fourth-order valence-electron chi connectivity index (χ4n) is 1.17. The second-order valence-electron chi connectivity index (χ2n) is 3.03. The third kappa shape index (κ3) is 3.08. The smallest absolute Gasteiger partial charge is 0.308 e. The Morgan fingerprint density at radius 1 is 1.67 bits per heavy atom. The van der Waals surface area contributed by atoms with Gasteiger partial charge in [-0.15, -0.1) is 0 Å². The molecule has 0 unspecified atom stereocenters. The minimum Gasteiger partial charge on any atom is -0.469 e. The van der Waals surface area contributed by atoms with E-state index < -0.39 is 12.1 Å². The molecule has 0 aliphatic heterocycles. The van der Waals surface area contributed by atoms with Crippen molar-refractivity contribution >= 4 is 5.97 Å². The summed E-state index contributed by atoms with van der Waals surface area (Å²) < 4.78 is 4.43. The van der Waals surface area contributed by atoms with E-state index in [0.29, 0.717) is 11.1 Å². The number of aliphatic hydroxyl groups is 1. The Bertz CT molecular complexity index is 395. The van der Waals surface area contributed by atoms with Gasteiger partial charge in [0.05, 0.1) is 31.3 Å². The van der Waals surface area contributed by atoms with Crippen LogP contribution in [0.25, 0.3) is 0 Å². The number of ether oxygens (including phenoxy) is 1. The molecule has 0 bridgehead atoms. The maximum Gasteiger partial charge on any atom is 0.308 e. The van der Waals surface area contributed by atoms with Crippen LogP contribution in [-0.4, -0.2) is 18.2 Å². The summed E-state index contributed by atoms with van der Waals surface area (Å²) in [5.41, 5.74) is 0.996. The predicted molar refractivity (Wildman–Crippen MR) is 52.7 cm³/mol. The van der Waals surface area contributed by atoms with Crippen LogP contribution in [0.5, 0.6) is 0 Å². The molecule has 1 atom stereocenters. The van der Waals surface area contributed by atoms with Gasteiger partial charge in [-0.3, -0.25) is 4.79 Å². The Morgan fingerprint density at radius 3 is 3.00 bits per heavy atom. The van der Waals surface area contributed by atoms with Gasteiger partial charge in [0.2, 0.25) is 0 Å². The molecule has 1 aromatic carbocycles. The van der Waals surface area contributed by atoms with Gasteiger partial charge in [0.1, 0.15) is 0 Å². The van der Waals surface area contributed by atoms with Crippen LogP contribution in [0.2, 0.25) is 0 Å². The van der Waals surface area contributed by atoms with Crippen molar-refractivity contribution < 1.29 is 14.6 Å². The van der Waals surface area contributed by atoms with Crippen molar-refractivity contribution in [2.24, 2.45) is 0 Å². The molecular weight excluding hydrogens is 194 g/mol. The van der Waals surface area contributed by atoms with Crippen LogP contribution >= 0.6 is 0 Å². The molecule has 0 aromatic heterocycles. The quantitative estimate of drug-likeness (QED) is 0.751. The van der Waals surface area contributed by atoms with Gasteiger partial charge in [0.25, 0.3) is 0 Å². The Morgan fingerprint density at radius 2 is 2.40 bits per heavy atom. The van der Waals surface area contributed by atoms with Gasteiger partial charge in [-0.2, -0.15) is 5.26 Å². The maximum atomic E-state index is 10.9. The summed E-state index contributed by atoms with van der Waals surface area (Å²) in [6.07, 6.45) is -1.03. The van der Waals surface area contributed by atoms with Gasteiger partial charge in [-0.25, -0.2) is 0 Å². The van der Waals surface area contributed by atoms with Gasteiger partial charge >= 0.3 is 5.97 Å². The number of carbonyl (C=O) groups is 1. The standard InChI is InChI=1S/C11H11NO3/c1-15-11(14)6-10(13)9-4-2-3-8(5-9)7-12/h2-5,10,13H,6H2,1H3/t10-/m1/s1. The maximum absolute atomic E-state index is 10.9. The highest BCUT2D eigenvalue weighted by atomic mass is 16.5. The lowest BCUT2D eigenvalue weighted by molar-refractivity contribution is -0.142. The number of methoxy groups -OCH3 is 1. The van der Waals surface area contributed by atoms with E-state index in [9.17, 15) is 9.90 Å². The summed E-state index contributed by atoms with van der Waals surface area (Å²) in [6.45, 7) is 0. The molecule has 0 heterocycles. The van der Waals surface area contributed by atoms with Gasteiger partial charge < -0.3 is 9.84 Å². The molecule has 1 aromatic rings. The van der Waals surface area contributed by atoms with Crippen molar-refractivity contribution in [3.05, 3.63) is 35.4 Å². The van der Waals surface area contributed by atoms with Crippen LogP contribution in [-0.2, 0) is 9.53 Å². The number of aliphatic hydroxyl groups excluding tert-OH is 1. The average Bonchev–Trinajstić information content (AvgIpc) is 2.28.